The first-order valence-electron chi connectivity index (χ1n) is 6.51. The molecule has 1 aliphatic carbocycles. The van der Waals surface area contributed by atoms with Crippen molar-refractivity contribution in [1.82, 2.24) is 9.88 Å². The zero-order chi connectivity index (χ0) is 13.4. The smallest absolute Gasteiger partial charge is 0.253 e. The molecule has 1 N–H and O–H groups in total. The number of carbonyl (C=O) groups excluding carboxylic acids is 1. The van der Waals surface area contributed by atoms with Gasteiger partial charge < -0.3 is 9.88 Å². The monoisotopic (exact) mass is 292 g/mol. The van der Waals surface area contributed by atoms with Crippen molar-refractivity contribution in [2.45, 2.75) is 32.4 Å². The molecule has 20 heavy (non-hydrogen) atoms. The van der Waals surface area contributed by atoms with Crippen LogP contribution in [0.2, 0.25) is 0 Å². The maximum absolute atomic E-state index is 12.0. The Bertz CT molecular complexity index is 692. The van der Waals surface area contributed by atoms with Gasteiger partial charge in [0.2, 0.25) is 6.41 Å². The van der Waals surface area contributed by atoms with E-state index in [1.54, 1.807) is 4.90 Å². The third kappa shape index (κ3) is 2.85. The summed E-state index contributed by atoms with van der Waals surface area (Å²) in [4.78, 5) is 27.7. The van der Waals surface area contributed by atoms with Gasteiger partial charge in [-0.1, -0.05) is 12.1 Å². The summed E-state index contributed by atoms with van der Waals surface area (Å²) in [5, 5.41) is 1.00. The summed E-state index contributed by atoms with van der Waals surface area (Å²) in [5.41, 5.74) is 2.50. The summed E-state index contributed by atoms with van der Waals surface area (Å²) in [5.74, 6) is 0. The molecule has 0 unspecified atom stereocenters. The minimum atomic E-state index is -0.106. The lowest BCUT2D eigenvalue weighted by atomic mass is 10.1. The van der Waals surface area contributed by atoms with Gasteiger partial charge in [0.1, 0.15) is 0 Å². The number of rotatable bonds is 4. The second-order valence-electron chi connectivity index (χ2n) is 5.22. The van der Waals surface area contributed by atoms with Crippen LogP contribution < -0.4 is 5.56 Å². The number of aryl methyl sites for hydroxylation is 1. The fourth-order valence-corrected chi connectivity index (χ4v) is 2.33. The van der Waals surface area contributed by atoms with Crippen LogP contribution in [-0.4, -0.2) is 22.3 Å². The maximum Gasteiger partial charge on any atom is 0.253 e. The van der Waals surface area contributed by atoms with E-state index in [1.807, 2.05) is 31.2 Å². The van der Waals surface area contributed by atoms with Gasteiger partial charge in [0.25, 0.3) is 5.56 Å². The molecule has 1 aromatic carbocycles. The Balaban J connectivity index is 0.00000147. The van der Waals surface area contributed by atoms with Crippen LogP contribution in [0.3, 0.4) is 0 Å². The van der Waals surface area contributed by atoms with Gasteiger partial charge in [-0.15, -0.1) is 12.4 Å². The summed E-state index contributed by atoms with van der Waals surface area (Å²) in [6.45, 7) is 2.39. The summed E-state index contributed by atoms with van der Waals surface area (Å²) in [7, 11) is 0. The number of fused-ring (bicyclic) bond motifs is 1. The van der Waals surface area contributed by atoms with Crippen LogP contribution in [0.5, 0.6) is 0 Å². The number of amides is 1. The second-order valence-corrected chi connectivity index (χ2v) is 5.22. The molecule has 1 saturated carbocycles. The number of hydrogen-bond donors (Lipinski definition) is 1. The van der Waals surface area contributed by atoms with Crippen molar-refractivity contribution in [3.8, 4) is 0 Å². The number of carbonyl (C=O) groups is 1. The Labute approximate surface area is 123 Å². The van der Waals surface area contributed by atoms with Gasteiger partial charge in [0, 0.05) is 17.1 Å². The Kier molecular flexibility index (Phi) is 4.14. The molecule has 1 aliphatic rings. The Morgan fingerprint density at radius 3 is 2.75 bits per heavy atom. The van der Waals surface area contributed by atoms with E-state index < -0.39 is 0 Å². The Morgan fingerprint density at radius 2 is 2.10 bits per heavy atom. The van der Waals surface area contributed by atoms with E-state index in [2.05, 4.69) is 4.98 Å². The molecular weight excluding hydrogens is 276 g/mol. The zero-order valence-corrected chi connectivity index (χ0v) is 12.1. The van der Waals surface area contributed by atoms with Gasteiger partial charge in [0.05, 0.1) is 6.54 Å². The molecule has 0 bridgehead atoms. The molecule has 3 rings (SSSR count). The van der Waals surface area contributed by atoms with Crippen LogP contribution in [0.1, 0.15) is 24.0 Å². The van der Waals surface area contributed by atoms with Crippen LogP contribution in [0.4, 0.5) is 0 Å². The number of nitrogens with one attached hydrogen (secondary N) is 1. The molecule has 0 saturated heterocycles. The summed E-state index contributed by atoms with van der Waals surface area (Å²) in [6.07, 6.45) is 2.93. The molecule has 0 atom stereocenters. The largest absolute Gasteiger partial charge is 0.338 e. The van der Waals surface area contributed by atoms with E-state index in [0.717, 1.165) is 35.7 Å². The minimum Gasteiger partial charge on any atom is -0.338 e. The van der Waals surface area contributed by atoms with Crippen molar-refractivity contribution < 1.29 is 4.79 Å². The average Bonchev–Trinajstić information content (AvgIpc) is 3.20. The van der Waals surface area contributed by atoms with Gasteiger partial charge >= 0.3 is 0 Å². The standard InChI is InChI=1S/C15H16N2O2.ClH/c1-10-2-3-11-7-12(15(19)16-14(11)6-10)8-17(9-18)13-4-5-13;/h2-3,6-7,9,13H,4-5,8H2,1H3,(H,16,19);1H. The average molecular weight is 293 g/mol. The Morgan fingerprint density at radius 1 is 1.35 bits per heavy atom. The fraction of sp³-hybridized carbons (Fsp3) is 0.333. The zero-order valence-electron chi connectivity index (χ0n) is 11.3. The van der Waals surface area contributed by atoms with E-state index in [4.69, 9.17) is 0 Å². The third-order valence-corrected chi connectivity index (χ3v) is 3.58. The number of aromatic amines is 1. The van der Waals surface area contributed by atoms with E-state index in [-0.39, 0.29) is 18.0 Å². The van der Waals surface area contributed by atoms with E-state index in [1.165, 1.54) is 0 Å². The quantitative estimate of drug-likeness (QED) is 0.880. The fourth-order valence-electron chi connectivity index (χ4n) is 2.33. The summed E-state index contributed by atoms with van der Waals surface area (Å²) >= 11 is 0. The van der Waals surface area contributed by atoms with Crippen LogP contribution in [0, 0.1) is 6.92 Å². The summed E-state index contributed by atoms with van der Waals surface area (Å²) < 4.78 is 0. The van der Waals surface area contributed by atoms with Crippen LogP contribution in [0.25, 0.3) is 10.9 Å². The van der Waals surface area contributed by atoms with Crippen molar-refractivity contribution in [3.05, 3.63) is 45.7 Å². The number of nitrogens with zero attached hydrogens (tertiary/aromatic N) is 1. The number of pyridine rings is 1. The SMILES string of the molecule is Cc1ccc2cc(CN(C=O)C3CC3)c(=O)[nH]c2c1.Cl. The normalized spacial score (nSPS) is 13.8. The van der Waals surface area contributed by atoms with Crippen molar-refractivity contribution in [2.24, 2.45) is 0 Å². The van der Waals surface area contributed by atoms with Crippen molar-refractivity contribution in [1.29, 1.82) is 0 Å². The van der Waals surface area contributed by atoms with E-state index in [0.29, 0.717) is 18.2 Å². The first kappa shape index (κ1) is 14.6. The topological polar surface area (TPSA) is 53.2 Å². The van der Waals surface area contributed by atoms with Crippen molar-refractivity contribution in [2.75, 3.05) is 0 Å². The lowest BCUT2D eigenvalue weighted by Gasteiger charge is -2.16. The number of aromatic nitrogens is 1. The molecule has 1 fully saturated rings. The molecule has 1 heterocycles. The van der Waals surface area contributed by atoms with E-state index >= 15 is 0 Å². The third-order valence-electron chi connectivity index (χ3n) is 3.58. The molecule has 1 amide bonds. The van der Waals surface area contributed by atoms with E-state index in [9.17, 15) is 9.59 Å². The molecule has 0 aliphatic heterocycles. The van der Waals surface area contributed by atoms with Crippen LogP contribution in [-0.2, 0) is 11.3 Å². The molecular formula is C15H17ClN2O2. The minimum absolute atomic E-state index is 0. The predicted octanol–water partition coefficient (Wildman–Crippen LogP) is 2.38. The Hall–Kier alpha value is -1.81. The predicted molar refractivity (Wildman–Crippen MR) is 81.2 cm³/mol. The maximum atomic E-state index is 12.0. The number of benzene rings is 1. The first-order valence-corrected chi connectivity index (χ1v) is 6.51. The second kappa shape index (κ2) is 5.67. The van der Waals surface area contributed by atoms with Gasteiger partial charge in [-0.25, -0.2) is 0 Å². The highest BCUT2D eigenvalue weighted by atomic mass is 35.5. The number of hydrogen-bond acceptors (Lipinski definition) is 2. The molecule has 0 spiro atoms. The highest BCUT2D eigenvalue weighted by molar-refractivity contribution is 5.85. The molecule has 2 aromatic rings. The van der Waals surface area contributed by atoms with Crippen molar-refractivity contribution >= 4 is 29.7 Å². The summed E-state index contributed by atoms with van der Waals surface area (Å²) in [6, 6.07) is 8.17. The molecule has 1 aromatic heterocycles. The molecule has 0 radical (unpaired) electrons. The molecule has 5 heteroatoms. The van der Waals surface area contributed by atoms with Crippen molar-refractivity contribution in [3.63, 3.8) is 0 Å². The van der Waals surface area contributed by atoms with Gasteiger partial charge in [-0.05, 0) is 42.8 Å². The van der Waals surface area contributed by atoms with Crippen LogP contribution >= 0.6 is 12.4 Å². The number of H-pyrrole nitrogens is 1. The van der Waals surface area contributed by atoms with Crippen LogP contribution in [0.15, 0.2) is 29.1 Å². The van der Waals surface area contributed by atoms with Gasteiger partial charge in [-0.2, -0.15) is 0 Å². The van der Waals surface area contributed by atoms with Gasteiger partial charge in [0.15, 0.2) is 0 Å². The highest BCUT2D eigenvalue weighted by Gasteiger charge is 2.28. The lowest BCUT2D eigenvalue weighted by molar-refractivity contribution is -0.119. The highest BCUT2D eigenvalue weighted by Crippen LogP contribution is 2.26. The number of halogens is 1. The molecule has 4 nitrogen and oxygen atoms in total. The first-order chi connectivity index (χ1) is 9.17. The molecule has 106 valence electrons. The van der Waals surface area contributed by atoms with Gasteiger partial charge in [-0.3, -0.25) is 9.59 Å². The lowest BCUT2D eigenvalue weighted by Crippen LogP contribution is -2.27.